The van der Waals surface area contributed by atoms with E-state index in [1.807, 2.05) is 56.9 Å². The molecule has 2 aromatic carbocycles. The maximum absolute atomic E-state index is 14.3. The van der Waals surface area contributed by atoms with E-state index in [1.165, 1.54) is 38.3 Å². The fourth-order valence-electron chi connectivity index (χ4n) is 7.61. The number of fused-ring (bicyclic) bond motifs is 1. The van der Waals surface area contributed by atoms with Crippen LogP contribution in [0.3, 0.4) is 0 Å². The number of carbonyl (C=O) groups excluding carboxylic acids is 3. The number of halogens is 1. The van der Waals surface area contributed by atoms with Gasteiger partial charge in [0.15, 0.2) is 16.4 Å². The minimum absolute atomic E-state index is 0.0115. The molecule has 4 rings (SSSR count). The summed E-state index contributed by atoms with van der Waals surface area (Å²) in [6.07, 6.45) is 5.56. The minimum atomic E-state index is -3.96. The molecule has 1 heterocycles. The summed E-state index contributed by atoms with van der Waals surface area (Å²) in [7, 11) is -3.96. The second-order valence-corrected chi connectivity index (χ2v) is 19.3. The molecule has 2 aliphatic rings. The lowest BCUT2D eigenvalue weighted by Crippen LogP contribution is -2.65. The van der Waals surface area contributed by atoms with Gasteiger partial charge in [0.25, 0.3) is 5.91 Å². The number of nitrogens with one attached hydrogen (secondary N) is 4. The predicted octanol–water partition coefficient (Wildman–Crippen LogP) is 3.72. The Kier molecular flexibility index (Phi) is 13.7. The summed E-state index contributed by atoms with van der Waals surface area (Å²) >= 11 is 0. The van der Waals surface area contributed by atoms with E-state index >= 15 is 0 Å². The monoisotopic (exact) mass is 771 g/mol. The normalized spacial score (nSPS) is 22.5. The molecule has 2 fully saturated rings. The molecular weight excluding hydrogens is 714 g/mol. The van der Waals surface area contributed by atoms with Crippen molar-refractivity contribution in [3.63, 3.8) is 0 Å². The van der Waals surface area contributed by atoms with Gasteiger partial charge in [0.05, 0.1) is 22.9 Å². The topological polar surface area (TPSA) is 178 Å². The molecule has 0 aromatic heterocycles. The average molecular weight is 772 g/mol. The third-order valence-corrected chi connectivity index (χ3v) is 13.3. The van der Waals surface area contributed by atoms with Gasteiger partial charge in [-0.25, -0.2) is 12.8 Å². The summed E-state index contributed by atoms with van der Waals surface area (Å²) in [6.45, 7) is 10.1. The first-order valence-corrected chi connectivity index (χ1v) is 20.5. The van der Waals surface area contributed by atoms with Crippen molar-refractivity contribution < 1.29 is 37.0 Å². The number of likely N-dealkylation sites (tertiary alicyclic amines) is 1. The number of aliphatic hydroxyl groups excluding tert-OH is 1. The third kappa shape index (κ3) is 10.7. The summed E-state index contributed by atoms with van der Waals surface area (Å²) in [5.41, 5.74) is 0.815. The molecular formula is C40H58FN5O7S. The van der Waals surface area contributed by atoms with E-state index < -0.39 is 74.0 Å². The van der Waals surface area contributed by atoms with Crippen molar-refractivity contribution in [3.8, 4) is 5.75 Å². The highest BCUT2D eigenvalue weighted by Gasteiger charge is 2.50. The van der Waals surface area contributed by atoms with Gasteiger partial charge in [0.1, 0.15) is 17.6 Å². The molecule has 0 spiro atoms. The molecule has 2 unspecified atom stereocenters. The van der Waals surface area contributed by atoms with Gasteiger partial charge in [-0.3, -0.25) is 19.3 Å². The number of amides is 3. The molecule has 1 saturated carbocycles. The maximum Gasteiger partial charge on any atom is 0.258 e. The molecule has 0 radical (unpaired) electrons. The molecule has 12 nitrogen and oxygen atoms in total. The van der Waals surface area contributed by atoms with Gasteiger partial charge < -0.3 is 31.2 Å². The molecule has 1 aliphatic heterocycles. The van der Waals surface area contributed by atoms with E-state index in [2.05, 4.69) is 16.0 Å². The molecule has 5 N–H and O–H groups in total. The fourth-order valence-corrected chi connectivity index (χ4v) is 8.20. The maximum atomic E-state index is 14.3. The Morgan fingerprint density at radius 2 is 1.80 bits per heavy atom. The number of nitrogens with zero attached hydrogens (tertiary/aromatic N) is 1. The predicted molar refractivity (Wildman–Crippen MR) is 207 cm³/mol. The molecule has 54 heavy (non-hydrogen) atoms. The van der Waals surface area contributed by atoms with Gasteiger partial charge in [-0.15, -0.1) is 0 Å². The Labute approximate surface area is 319 Å². The van der Waals surface area contributed by atoms with Crippen molar-refractivity contribution in [3.05, 3.63) is 65.5 Å². The summed E-state index contributed by atoms with van der Waals surface area (Å²) in [4.78, 5) is 43.3. The number of piperidine rings is 1. The van der Waals surface area contributed by atoms with E-state index in [0.29, 0.717) is 13.0 Å². The van der Waals surface area contributed by atoms with Crippen LogP contribution in [0.25, 0.3) is 0 Å². The van der Waals surface area contributed by atoms with Crippen LogP contribution in [-0.4, -0.2) is 103 Å². The average Bonchev–Trinajstić information content (AvgIpc) is 3.08. The Bertz CT molecular complexity index is 1780. The summed E-state index contributed by atoms with van der Waals surface area (Å²) in [5, 5.41) is 29.0. The number of ether oxygens (including phenoxy) is 1. The number of β-amino-alcohol motifs (C(OH)–C–C–N with tert-alkyl or cyclic N) is 1. The van der Waals surface area contributed by atoms with Gasteiger partial charge in [-0.2, -0.15) is 0 Å². The van der Waals surface area contributed by atoms with E-state index in [4.69, 9.17) is 10.1 Å². The molecule has 14 heteroatoms. The molecule has 1 saturated heterocycles. The molecule has 2 aromatic rings. The Balaban J connectivity index is 1.64. The van der Waals surface area contributed by atoms with E-state index in [0.717, 1.165) is 49.1 Å². The van der Waals surface area contributed by atoms with Crippen LogP contribution in [0.15, 0.2) is 48.5 Å². The van der Waals surface area contributed by atoms with Crippen LogP contribution in [0.5, 0.6) is 5.75 Å². The second-order valence-electron chi connectivity index (χ2n) is 16.7. The molecule has 1 aliphatic carbocycles. The lowest BCUT2D eigenvalue weighted by atomic mass is 9.61. The minimum Gasteiger partial charge on any atom is -0.484 e. The summed E-state index contributed by atoms with van der Waals surface area (Å²) in [6, 6.07) is 9.47. The van der Waals surface area contributed by atoms with Crippen molar-refractivity contribution in [1.29, 1.82) is 5.41 Å². The Morgan fingerprint density at radius 1 is 1.09 bits per heavy atom. The smallest absolute Gasteiger partial charge is 0.258 e. The zero-order valence-corrected chi connectivity index (χ0v) is 33.4. The number of benzene rings is 2. The highest BCUT2D eigenvalue weighted by atomic mass is 32.2. The quantitative estimate of drug-likeness (QED) is 0.170. The summed E-state index contributed by atoms with van der Waals surface area (Å²) < 4.78 is 43.4. The largest absolute Gasteiger partial charge is 0.484 e. The standard InChI is InChI=1S/C40H58FN5O7S/c1-26-13-8-9-14-27(26)19-31(33(47)23-46-22-28-15-10-11-18-40(28,25-42)21-32(46)36(49)45-38(2,3)4)43-37(50)35(39(5,6)54(7,51)52)44-34(48)24-53-30-17-12-16-29(41)20-30/h8-9,12-14,16-17,20,25,28,31-33,35,42,47H,10-11,15,18-19,21-24H2,1-7H3,(H,43,50)(H,44,48)(H,45,49)/t28?,31-,32-,33+,35+,40?/m0/s1. The first-order chi connectivity index (χ1) is 25.2. The van der Waals surface area contributed by atoms with Gasteiger partial charge in [0, 0.05) is 42.6 Å². The van der Waals surface area contributed by atoms with Crippen molar-refractivity contribution in [2.24, 2.45) is 11.3 Å². The van der Waals surface area contributed by atoms with E-state index in [1.54, 1.807) is 0 Å². The van der Waals surface area contributed by atoms with Crippen molar-refractivity contribution in [2.45, 2.75) is 115 Å². The van der Waals surface area contributed by atoms with Crippen LogP contribution in [0.2, 0.25) is 0 Å². The number of aliphatic hydroxyl groups is 1. The van der Waals surface area contributed by atoms with Crippen LogP contribution in [0, 0.1) is 29.5 Å². The highest BCUT2D eigenvalue weighted by molar-refractivity contribution is 7.92. The van der Waals surface area contributed by atoms with Crippen LogP contribution < -0.4 is 20.7 Å². The first-order valence-electron chi connectivity index (χ1n) is 18.6. The van der Waals surface area contributed by atoms with Crippen LogP contribution >= 0.6 is 0 Å². The molecule has 3 amide bonds. The number of aryl methyl sites for hydroxylation is 1. The number of hydrogen-bond donors (Lipinski definition) is 5. The van der Waals surface area contributed by atoms with Crippen LogP contribution in [-0.2, 0) is 30.6 Å². The second kappa shape index (κ2) is 17.3. The lowest BCUT2D eigenvalue weighted by Gasteiger charge is -2.52. The van der Waals surface area contributed by atoms with Gasteiger partial charge in [-0.1, -0.05) is 43.2 Å². The number of hydrogen-bond acceptors (Lipinski definition) is 9. The SMILES string of the molecule is Cc1ccccc1C[C@H](NC(=O)[C@@H](NC(=O)COc1cccc(F)c1)C(C)(C)S(C)(=O)=O)[C@H](O)CN1CC2CCCCC2(C=N)C[C@H]1C(=O)NC(C)(C)C. The van der Waals surface area contributed by atoms with Crippen molar-refractivity contribution >= 4 is 33.8 Å². The lowest BCUT2D eigenvalue weighted by molar-refractivity contribution is -0.135. The zero-order valence-electron chi connectivity index (χ0n) is 32.6. The third-order valence-electron chi connectivity index (χ3n) is 11.1. The fraction of sp³-hybridized carbons (Fsp3) is 0.600. The number of rotatable bonds is 15. The van der Waals surface area contributed by atoms with Crippen molar-refractivity contribution in [1.82, 2.24) is 20.9 Å². The molecule has 6 atom stereocenters. The molecule has 0 bridgehead atoms. The summed E-state index contributed by atoms with van der Waals surface area (Å²) in [5.74, 6) is -2.22. The number of sulfone groups is 1. The highest BCUT2D eigenvalue weighted by Crippen LogP contribution is 2.47. The molecule has 298 valence electrons. The van der Waals surface area contributed by atoms with Crippen molar-refractivity contribution in [2.75, 3.05) is 26.0 Å². The zero-order chi connectivity index (χ0) is 40.1. The van der Waals surface area contributed by atoms with Gasteiger partial charge in [-0.05, 0) is 96.4 Å². The Morgan fingerprint density at radius 3 is 2.43 bits per heavy atom. The first kappa shape index (κ1) is 42.9. The number of carbonyl (C=O) groups is 3. The Hall–Kier alpha value is -3.88. The van der Waals surface area contributed by atoms with Gasteiger partial charge in [0.2, 0.25) is 11.8 Å². The van der Waals surface area contributed by atoms with E-state index in [9.17, 15) is 32.3 Å². The van der Waals surface area contributed by atoms with E-state index in [-0.39, 0.29) is 30.5 Å². The van der Waals surface area contributed by atoms with Gasteiger partial charge >= 0.3 is 0 Å². The van der Waals surface area contributed by atoms with Crippen LogP contribution in [0.4, 0.5) is 4.39 Å². The van der Waals surface area contributed by atoms with Crippen LogP contribution in [0.1, 0.15) is 77.8 Å².